The number of amides is 1. The van der Waals surface area contributed by atoms with E-state index in [4.69, 9.17) is 23.2 Å². The number of benzene rings is 2. The summed E-state index contributed by atoms with van der Waals surface area (Å²) in [4.78, 5) is 13.7. The van der Waals surface area contributed by atoms with Gasteiger partial charge in [0.25, 0.3) is 0 Å². The van der Waals surface area contributed by atoms with Crippen LogP contribution in [-0.4, -0.2) is 25.2 Å². The lowest BCUT2D eigenvalue weighted by Crippen LogP contribution is -2.44. The highest BCUT2D eigenvalue weighted by atomic mass is 35.5. The average Bonchev–Trinajstić information content (AvgIpc) is 3.44. The van der Waals surface area contributed by atoms with Gasteiger partial charge in [-0.15, -0.1) is 0 Å². The van der Waals surface area contributed by atoms with Gasteiger partial charge in [0.15, 0.2) is 0 Å². The van der Waals surface area contributed by atoms with E-state index >= 15 is 0 Å². The molecule has 1 saturated heterocycles. The predicted molar refractivity (Wildman–Crippen MR) is 117 cm³/mol. The van der Waals surface area contributed by atoms with Gasteiger partial charge in [0, 0.05) is 34.7 Å². The zero-order valence-electron chi connectivity index (χ0n) is 17.0. The molecule has 2 aromatic rings. The Hall–Kier alpha value is -1.92. The summed E-state index contributed by atoms with van der Waals surface area (Å²) < 4.78 is 42.8. The summed E-state index contributed by atoms with van der Waals surface area (Å²) >= 11 is 12.0. The van der Waals surface area contributed by atoms with Gasteiger partial charge in [0.1, 0.15) is 5.41 Å². The second-order valence-corrected chi connectivity index (χ2v) is 9.38. The predicted octanol–water partition coefficient (Wildman–Crippen LogP) is 6.29. The maximum Gasteiger partial charge on any atom is 0.400 e. The summed E-state index contributed by atoms with van der Waals surface area (Å²) in [5.74, 6) is 0.188. The van der Waals surface area contributed by atoms with Crippen molar-refractivity contribution in [3.8, 4) is 0 Å². The molecule has 1 heterocycles. The number of hydrogen-bond acceptors (Lipinski definition) is 2. The highest BCUT2D eigenvalue weighted by molar-refractivity contribution is 6.34. The topological polar surface area (TPSA) is 32.3 Å². The third-order valence-corrected chi connectivity index (χ3v) is 6.73. The van der Waals surface area contributed by atoms with Gasteiger partial charge in [-0.25, -0.2) is 0 Å². The molecule has 0 radical (unpaired) electrons. The summed E-state index contributed by atoms with van der Waals surface area (Å²) in [6, 6.07) is 11.3. The number of nitrogens with one attached hydrogen (secondary N) is 1. The van der Waals surface area contributed by atoms with Gasteiger partial charge in [0.2, 0.25) is 5.91 Å². The van der Waals surface area contributed by atoms with Gasteiger partial charge in [-0.05, 0) is 67.6 Å². The molecule has 3 nitrogen and oxygen atoms in total. The van der Waals surface area contributed by atoms with Crippen LogP contribution in [0.1, 0.15) is 43.4 Å². The molecule has 2 fully saturated rings. The second kappa shape index (κ2) is 8.21. The normalized spacial score (nSPS) is 22.5. The minimum atomic E-state index is -4.45. The van der Waals surface area contributed by atoms with Crippen molar-refractivity contribution in [3.63, 3.8) is 0 Å². The fourth-order valence-electron chi connectivity index (χ4n) is 4.22. The Morgan fingerprint density at radius 1 is 1.13 bits per heavy atom. The van der Waals surface area contributed by atoms with E-state index in [2.05, 4.69) is 5.32 Å². The van der Waals surface area contributed by atoms with Crippen molar-refractivity contribution in [1.82, 2.24) is 5.32 Å². The van der Waals surface area contributed by atoms with E-state index < -0.39 is 11.6 Å². The van der Waals surface area contributed by atoms with Crippen LogP contribution in [0.2, 0.25) is 10.0 Å². The SMILES string of the molecule is C[C@H](NC(=O)C1CC1)c1ccc(N2CCC(c3cc(Cl)cc(Cl)c3)(C(F)(F)F)C2)cc1. The van der Waals surface area contributed by atoms with Crippen molar-refractivity contribution in [1.29, 1.82) is 0 Å². The lowest BCUT2D eigenvalue weighted by atomic mass is 9.79. The Morgan fingerprint density at radius 2 is 1.74 bits per heavy atom. The number of carbonyl (C=O) groups excluding carboxylic acids is 1. The second-order valence-electron chi connectivity index (χ2n) is 8.51. The fraction of sp³-hybridized carbons (Fsp3) is 0.435. The third-order valence-electron chi connectivity index (χ3n) is 6.29. The fourth-order valence-corrected chi connectivity index (χ4v) is 4.75. The quantitative estimate of drug-likeness (QED) is 0.556. The van der Waals surface area contributed by atoms with Crippen LogP contribution in [0, 0.1) is 5.92 Å². The van der Waals surface area contributed by atoms with E-state index in [-0.39, 0.29) is 53.0 Å². The molecule has 2 atom stereocenters. The lowest BCUT2D eigenvalue weighted by molar-refractivity contribution is -0.184. The van der Waals surface area contributed by atoms with Gasteiger partial charge in [-0.1, -0.05) is 35.3 Å². The number of carbonyl (C=O) groups is 1. The first-order valence-electron chi connectivity index (χ1n) is 10.3. The van der Waals surface area contributed by atoms with E-state index in [0.29, 0.717) is 5.69 Å². The molecule has 0 spiro atoms. The Morgan fingerprint density at radius 3 is 2.29 bits per heavy atom. The molecule has 1 unspecified atom stereocenters. The molecular formula is C23H23Cl2F3N2O. The summed E-state index contributed by atoms with van der Waals surface area (Å²) in [6.07, 6.45) is -2.66. The van der Waals surface area contributed by atoms with Crippen LogP contribution in [0.4, 0.5) is 18.9 Å². The number of hydrogen-bond donors (Lipinski definition) is 1. The van der Waals surface area contributed by atoms with E-state index in [1.165, 1.54) is 18.2 Å². The molecule has 8 heteroatoms. The maximum atomic E-state index is 14.3. The monoisotopic (exact) mass is 470 g/mol. The van der Waals surface area contributed by atoms with Crippen LogP contribution < -0.4 is 10.2 Å². The molecule has 1 N–H and O–H groups in total. The van der Waals surface area contributed by atoms with E-state index in [1.54, 1.807) is 4.90 Å². The largest absolute Gasteiger partial charge is 0.400 e. The highest BCUT2D eigenvalue weighted by Gasteiger charge is 2.59. The Bertz CT molecular complexity index is 956. The Kier molecular flexibility index (Phi) is 5.90. The molecule has 1 aliphatic heterocycles. The van der Waals surface area contributed by atoms with Crippen molar-refractivity contribution in [2.75, 3.05) is 18.0 Å². The van der Waals surface area contributed by atoms with Gasteiger partial charge in [0.05, 0.1) is 6.04 Å². The standard InChI is InChI=1S/C23H23Cl2F3N2O/c1-14(29-21(31)16-2-3-16)15-4-6-20(7-5-15)30-9-8-22(13-30,23(26,27)28)17-10-18(24)12-19(25)11-17/h4-7,10-12,14,16H,2-3,8-9,13H2,1H3,(H,29,31)/t14-,22?/m0/s1. The molecule has 4 rings (SSSR count). The van der Waals surface area contributed by atoms with Crippen LogP contribution in [-0.2, 0) is 10.2 Å². The molecule has 0 bridgehead atoms. The van der Waals surface area contributed by atoms with Crippen LogP contribution in [0.15, 0.2) is 42.5 Å². The van der Waals surface area contributed by atoms with Crippen LogP contribution in [0.25, 0.3) is 0 Å². The lowest BCUT2D eigenvalue weighted by Gasteiger charge is -2.33. The molecule has 1 amide bonds. The van der Waals surface area contributed by atoms with Crippen LogP contribution in [0.3, 0.4) is 0 Å². The van der Waals surface area contributed by atoms with Crippen LogP contribution in [0.5, 0.6) is 0 Å². The molecule has 1 aliphatic carbocycles. The average molecular weight is 471 g/mol. The number of rotatable bonds is 5. The minimum absolute atomic E-state index is 0.0614. The van der Waals surface area contributed by atoms with Crippen molar-refractivity contribution in [2.24, 2.45) is 5.92 Å². The number of nitrogens with zero attached hydrogens (tertiary/aromatic N) is 1. The van der Waals surface area contributed by atoms with E-state index in [9.17, 15) is 18.0 Å². The number of anilines is 1. The van der Waals surface area contributed by atoms with E-state index in [1.807, 2.05) is 31.2 Å². The van der Waals surface area contributed by atoms with Gasteiger partial charge in [-0.3, -0.25) is 4.79 Å². The maximum absolute atomic E-state index is 14.3. The zero-order valence-corrected chi connectivity index (χ0v) is 18.5. The van der Waals surface area contributed by atoms with Gasteiger partial charge in [-0.2, -0.15) is 13.2 Å². The molecule has 1 saturated carbocycles. The first-order valence-corrected chi connectivity index (χ1v) is 11.0. The molecular weight excluding hydrogens is 448 g/mol. The van der Waals surface area contributed by atoms with Gasteiger partial charge >= 0.3 is 6.18 Å². The summed E-state index contributed by atoms with van der Waals surface area (Å²) in [7, 11) is 0. The Balaban J connectivity index is 1.54. The zero-order chi connectivity index (χ0) is 22.4. The van der Waals surface area contributed by atoms with Crippen molar-refractivity contribution in [2.45, 2.75) is 43.8 Å². The third kappa shape index (κ3) is 4.51. The molecule has 166 valence electrons. The summed E-state index contributed by atoms with van der Waals surface area (Å²) in [6.45, 7) is 1.96. The van der Waals surface area contributed by atoms with Gasteiger partial charge < -0.3 is 10.2 Å². The number of halogens is 5. The summed E-state index contributed by atoms with van der Waals surface area (Å²) in [5.41, 5.74) is -0.316. The number of alkyl halides is 3. The highest BCUT2D eigenvalue weighted by Crippen LogP contribution is 2.49. The van der Waals surface area contributed by atoms with Crippen molar-refractivity contribution >= 4 is 34.8 Å². The molecule has 2 aliphatic rings. The van der Waals surface area contributed by atoms with Crippen LogP contribution >= 0.6 is 23.2 Å². The first kappa shape index (κ1) is 22.3. The van der Waals surface area contributed by atoms with Crippen molar-refractivity contribution < 1.29 is 18.0 Å². The Labute approximate surface area is 189 Å². The molecule has 2 aromatic carbocycles. The van der Waals surface area contributed by atoms with E-state index in [0.717, 1.165) is 18.4 Å². The molecule has 0 aromatic heterocycles. The smallest absolute Gasteiger partial charge is 0.370 e. The minimum Gasteiger partial charge on any atom is -0.370 e. The first-order chi connectivity index (χ1) is 14.6. The molecule has 31 heavy (non-hydrogen) atoms. The summed E-state index contributed by atoms with van der Waals surface area (Å²) in [5, 5.41) is 3.37. The van der Waals surface area contributed by atoms with Crippen molar-refractivity contribution in [3.05, 3.63) is 63.6 Å².